The van der Waals surface area contributed by atoms with Crippen molar-refractivity contribution in [1.82, 2.24) is 0 Å². The van der Waals surface area contributed by atoms with E-state index >= 15 is 0 Å². The molecule has 0 amide bonds. The Kier molecular flexibility index (Phi) is 3.55. The highest BCUT2D eigenvalue weighted by Gasteiger charge is 2.33. The van der Waals surface area contributed by atoms with Crippen LogP contribution in [0.25, 0.3) is 0 Å². The number of hydrogen-bond acceptors (Lipinski definition) is 2. The molecular weight excluding hydrogens is 174 g/mol. The number of ether oxygens (including phenoxy) is 1. The Bertz CT molecular complexity index is 215. The summed E-state index contributed by atoms with van der Waals surface area (Å²) in [7, 11) is 0. The van der Waals surface area contributed by atoms with Crippen molar-refractivity contribution in [2.24, 2.45) is 5.41 Å². The molecule has 0 aromatic carbocycles. The molecule has 80 valence electrons. The highest BCUT2D eigenvalue weighted by molar-refractivity contribution is 5.01. The topological polar surface area (TPSA) is 33.0 Å². The Morgan fingerprint density at radius 3 is 2.29 bits per heavy atom. The monoisotopic (exact) mass is 195 g/mol. The van der Waals surface area contributed by atoms with Crippen molar-refractivity contribution < 1.29 is 4.74 Å². The smallest absolute Gasteiger partial charge is 0.0690 e. The molecule has 1 aliphatic rings. The van der Waals surface area contributed by atoms with Gasteiger partial charge in [0, 0.05) is 6.61 Å². The first-order valence-electron chi connectivity index (χ1n) is 5.53. The van der Waals surface area contributed by atoms with E-state index in [1.54, 1.807) is 0 Å². The molecule has 2 nitrogen and oxygen atoms in total. The fraction of sp³-hybridized carbons (Fsp3) is 0.917. The third-order valence-electron chi connectivity index (χ3n) is 2.91. The van der Waals surface area contributed by atoms with Gasteiger partial charge in [0.1, 0.15) is 0 Å². The Labute approximate surface area is 87.3 Å². The van der Waals surface area contributed by atoms with Crippen molar-refractivity contribution in [1.29, 1.82) is 5.26 Å². The number of nitrogens with zero attached hydrogens (tertiary/aromatic N) is 1. The average molecular weight is 195 g/mol. The minimum atomic E-state index is -0.0742. The fourth-order valence-electron chi connectivity index (χ4n) is 2.02. The van der Waals surface area contributed by atoms with Crippen LogP contribution in [0.4, 0.5) is 0 Å². The molecule has 0 N–H and O–H groups in total. The van der Waals surface area contributed by atoms with E-state index < -0.39 is 0 Å². The molecule has 0 atom stereocenters. The number of rotatable bonds is 3. The highest BCUT2D eigenvalue weighted by Crippen LogP contribution is 2.40. The third kappa shape index (κ3) is 3.31. The Morgan fingerprint density at radius 2 is 1.86 bits per heavy atom. The molecule has 1 aliphatic carbocycles. The molecule has 2 heteroatoms. The lowest BCUT2D eigenvalue weighted by molar-refractivity contribution is -0.0134. The number of nitriles is 1. The second-order valence-corrected chi connectivity index (χ2v) is 5.31. The summed E-state index contributed by atoms with van der Waals surface area (Å²) in [6.45, 7) is 6.89. The van der Waals surface area contributed by atoms with Crippen LogP contribution in [0.1, 0.15) is 52.9 Å². The Morgan fingerprint density at radius 1 is 1.29 bits per heavy atom. The third-order valence-corrected chi connectivity index (χ3v) is 2.91. The van der Waals surface area contributed by atoms with E-state index in [4.69, 9.17) is 10.00 Å². The summed E-state index contributed by atoms with van der Waals surface area (Å²) in [5, 5.41) is 9.14. The number of hydrogen-bond donors (Lipinski definition) is 0. The van der Waals surface area contributed by atoms with Crippen molar-refractivity contribution in [2.45, 2.75) is 58.5 Å². The predicted molar refractivity (Wildman–Crippen MR) is 56.8 cm³/mol. The van der Waals surface area contributed by atoms with Gasteiger partial charge in [0.25, 0.3) is 0 Å². The van der Waals surface area contributed by atoms with Crippen LogP contribution in [-0.2, 0) is 4.74 Å². The molecule has 0 heterocycles. The van der Waals surface area contributed by atoms with Gasteiger partial charge in [-0.3, -0.25) is 0 Å². The first-order chi connectivity index (χ1) is 6.47. The van der Waals surface area contributed by atoms with Crippen molar-refractivity contribution in [2.75, 3.05) is 6.61 Å². The van der Waals surface area contributed by atoms with Gasteiger partial charge in [0.15, 0.2) is 0 Å². The van der Waals surface area contributed by atoms with Crippen LogP contribution < -0.4 is 0 Å². The van der Waals surface area contributed by atoms with Gasteiger partial charge in [0.2, 0.25) is 0 Å². The zero-order valence-corrected chi connectivity index (χ0v) is 9.60. The second kappa shape index (κ2) is 4.31. The van der Waals surface area contributed by atoms with E-state index in [1.165, 1.54) is 12.8 Å². The molecular formula is C12H21NO. The zero-order valence-electron chi connectivity index (χ0n) is 9.60. The van der Waals surface area contributed by atoms with Crippen LogP contribution in [0, 0.1) is 16.7 Å². The summed E-state index contributed by atoms with van der Waals surface area (Å²) in [5.74, 6) is 0. The summed E-state index contributed by atoms with van der Waals surface area (Å²) < 4.78 is 5.67. The Balaban J connectivity index is 2.33. The van der Waals surface area contributed by atoms with E-state index in [0.29, 0.717) is 0 Å². The molecule has 0 spiro atoms. The summed E-state index contributed by atoms with van der Waals surface area (Å²) in [5.41, 5.74) is -0.138. The largest absolute Gasteiger partial charge is 0.376 e. The van der Waals surface area contributed by atoms with E-state index in [1.807, 2.05) is 0 Å². The van der Waals surface area contributed by atoms with E-state index in [-0.39, 0.29) is 11.0 Å². The average Bonchev–Trinajstić information content (AvgIpc) is 2.52. The molecule has 1 saturated carbocycles. The molecule has 1 fully saturated rings. The van der Waals surface area contributed by atoms with Gasteiger partial charge in [-0.05, 0) is 40.0 Å². The maximum absolute atomic E-state index is 9.14. The minimum Gasteiger partial charge on any atom is -0.376 e. The summed E-state index contributed by atoms with van der Waals surface area (Å²) >= 11 is 0. The van der Waals surface area contributed by atoms with Gasteiger partial charge in [0.05, 0.1) is 17.1 Å². The summed E-state index contributed by atoms with van der Waals surface area (Å²) in [4.78, 5) is 0. The molecule has 1 rings (SSSR count). The molecule has 0 saturated heterocycles. The van der Waals surface area contributed by atoms with Gasteiger partial charge in [-0.15, -0.1) is 0 Å². The lowest BCUT2D eigenvalue weighted by atomic mass is 9.85. The van der Waals surface area contributed by atoms with Gasteiger partial charge in [-0.25, -0.2) is 0 Å². The second-order valence-electron chi connectivity index (χ2n) is 5.31. The zero-order chi connectivity index (χ0) is 10.7. The van der Waals surface area contributed by atoms with Crippen LogP contribution in [0.2, 0.25) is 0 Å². The van der Waals surface area contributed by atoms with Crippen LogP contribution in [0.5, 0.6) is 0 Å². The first kappa shape index (κ1) is 11.5. The van der Waals surface area contributed by atoms with E-state index in [2.05, 4.69) is 26.8 Å². The van der Waals surface area contributed by atoms with E-state index in [9.17, 15) is 0 Å². The first-order valence-corrected chi connectivity index (χ1v) is 5.53. The predicted octanol–water partition coefficient (Wildman–Crippen LogP) is 3.28. The standard InChI is InChI=1S/C12H21NO/c1-11(2,3)14-9-8-12(10-13)6-4-5-7-12/h4-9H2,1-3H3. The molecule has 0 unspecified atom stereocenters. The molecule has 0 radical (unpaired) electrons. The SMILES string of the molecule is CC(C)(C)OCCC1(C#N)CCCC1. The maximum atomic E-state index is 9.14. The molecule has 0 bridgehead atoms. The molecule has 0 aromatic rings. The normalized spacial score (nSPS) is 20.7. The van der Waals surface area contributed by atoms with Crippen molar-refractivity contribution in [3.05, 3.63) is 0 Å². The van der Waals surface area contributed by atoms with Crippen LogP contribution in [0.15, 0.2) is 0 Å². The van der Waals surface area contributed by atoms with Gasteiger partial charge < -0.3 is 4.74 Å². The quantitative estimate of drug-likeness (QED) is 0.692. The van der Waals surface area contributed by atoms with Gasteiger partial charge >= 0.3 is 0 Å². The van der Waals surface area contributed by atoms with Crippen LogP contribution in [0.3, 0.4) is 0 Å². The maximum Gasteiger partial charge on any atom is 0.0690 e. The fourth-order valence-corrected chi connectivity index (χ4v) is 2.02. The van der Waals surface area contributed by atoms with Crippen molar-refractivity contribution in [3.8, 4) is 6.07 Å². The molecule has 0 aromatic heterocycles. The lowest BCUT2D eigenvalue weighted by Gasteiger charge is -2.24. The highest BCUT2D eigenvalue weighted by atomic mass is 16.5. The Hall–Kier alpha value is -0.550. The van der Waals surface area contributed by atoms with Crippen LogP contribution >= 0.6 is 0 Å². The van der Waals surface area contributed by atoms with Crippen molar-refractivity contribution in [3.63, 3.8) is 0 Å². The minimum absolute atomic E-state index is 0.0642. The van der Waals surface area contributed by atoms with Gasteiger partial charge in [-0.1, -0.05) is 12.8 Å². The summed E-state index contributed by atoms with van der Waals surface area (Å²) in [6, 6.07) is 2.48. The van der Waals surface area contributed by atoms with Gasteiger partial charge in [-0.2, -0.15) is 5.26 Å². The molecule has 14 heavy (non-hydrogen) atoms. The van der Waals surface area contributed by atoms with Crippen molar-refractivity contribution >= 4 is 0 Å². The molecule has 0 aliphatic heterocycles. The van der Waals surface area contributed by atoms with E-state index in [0.717, 1.165) is 25.9 Å². The summed E-state index contributed by atoms with van der Waals surface area (Å²) in [6.07, 6.45) is 5.46. The lowest BCUT2D eigenvalue weighted by Crippen LogP contribution is -2.24. The van der Waals surface area contributed by atoms with Crippen LogP contribution in [-0.4, -0.2) is 12.2 Å².